The van der Waals surface area contributed by atoms with E-state index in [0.29, 0.717) is 0 Å². The van der Waals surface area contributed by atoms with Crippen LogP contribution in [-0.4, -0.2) is 25.0 Å². The van der Waals surface area contributed by atoms with Crippen molar-refractivity contribution in [1.29, 1.82) is 0 Å². The summed E-state index contributed by atoms with van der Waals surface area (Å²) in [6, 6.07) is 3.77. The molecule has 18 heavy (non-hydrogen) atoms. The third kappa shape index (κ3) is 3.75. The van der Waals surface area contributed by atoms with Crippen LogP contribution in [0, 0.1) is 18.2 Å². The van der Waals surface area contributed by atoms with Gasteiger partial charge in [-0.1, -0.05) is 23.6 Å². The van der Waals surface area contributed by atoms with Gasteiger partial charge in [0.05, 0.1) is 11.6 Å². The molecule has 0 aromatic heterocycles. The Labute approximate surface area is 108 Å². The molecule has 94 valence electrons. The second kappa shape index (κ2) is 6.62. The van der Waals surface area contributed by atoms with Crippen molar-refractivity contribution in [3.8, 4) is 12.3 Å². The number of carbonyl (C=O) groups is 2. The number of halogens is 2. The lowest BCUT2D eigenvalue weighted by Gasteiger charge is -2.06. The third-order valence-corrected chi connectivity index (χ3v) is 2.20. The molecule has 0 saturated heterocycles. The van der Waals surface area contributed by atoms with E-state index in [-0.39, 0.29) is 11.6 Å². The lowest BCUT2D eigenvalue weighted by atomic mass is 10.2. The molecule has 0 saturated carbocycles. The summed E-state index contributed by atoms with van der Waals surface area (Å²) in [6.45, 7) is -0.526. The van der Waals surface area contributed by atoms with Crippen LogP contribution in [0.1, 0.15) is 10.4 Å². The summed E-state index contributed by atoms with van der Waals surface area (Å²) in [6.07, 6.45) is 4.92. The smallest absolute Gasteiger partial charge is 0.343 e. The van der Waals surface area contributed by atoms with Crippen molar-refractivity contribution in [3.05, 3.63) is 34.6 Å². The standard InChI is InChI=1S/C12H9ClFNO3/c1-2-6-15-10(16)7-18-12(17)11-8(13)4-3-5-9(11)14/h1,3-5H,6-7H2,(H,15,16). The van der Waals surface area contributed by atoms with E-state index in [4.69, 9.17) is 18.0 Å². The maximum atomic E-state index is 13.3. The minimum absolute atomic E-state index is 0.0246. The van der Waals surface area contributed by atoms with Crippen LogP contribution in [-0.2, 0) is 9.53 Å². The first-order valence-electron chi connectivity index (χ1n) is 4.87. The molecule has 0 bridgehead atoms. The van der Waals surface area contributed by atoms with Crippen molar-refractivity contribution >= 4 is 23.5 Å². The van der Waals surface area contributed by atoms with Gasteiger partial charge in [0.2, 0.25) is 0 Å². The fourth-order valence-electron chi connectivity index (χ4n) is 1.10. The summed E-state index contributed by atoms with van der Waals surface area (Å²) in [5.74, 6) is -0.207. The molecule has 1 rings (SSSR count). The Morgan fingerprint density at radius 2 is 2.22 bits per heavy atom. The van der Waals surface area contributed by atoms with E-state index in [9.17, 15) is 14.0 Å². The first-order chi connectivity index (χ1) is 8.56. The first kappa shape index (κ1) is 14.0. The van der Waals surface area contributed by atoms with Gasteiger partial charge in [-0.15, -0.1) is 6.42 Å². The molecule has 1 aromatic rings. The number of nitrogens with one attached hydrogen (secondary N) is 1. The Balaban J connectivity index is 2.62. The van der Waals surface area contributed by atoms with Gasteiger partial charge < -0.3 is 10.1 Å². The summed E-state index contributed by atoms with van der Waals surface area (Å²) in [5, 5.41) is 2.21. The Hall–Kier alpha value is -2.06. The highest BCUT2D eigenvalue weighted by Gasteiger charge is 2.18. The number of ether oxygens (including phenoxy) is 1. The average molecular weight is 270 g/mol. The highest BCUT2D eigenvalue weighted by Crippen LogP contribution is 2.19. The highest BCUT2D eigenvalue weighted by atomic mass is 35.5. The molecule has 0 spiro atoms. The fraction of sp³-hybridized carbons (Fsp3) is 0.167. The van der Waals surface area contributed by atoms with E-state index in [2.05, 4.69) is 16.0 Å². The SMILES string of the molecule is C#CCNC(=O)COC(=O)c1c(F)cccc1Cl. The summed E-state index contributed by atoms with van der Waals surface area (Å²) < 4.78 is 17.9. The van der Waals surface area contributed by atoms with Crippen LogP contribution < -0.4 is 5.32 Å². The Morgan fingerprint density at radius 3 is 2.83 bits per heavy atom. The zero-order valence-corrected chi connectivity index (χ0v) is 9.96. The van der Waals surface area contributed by atoms with Gasteiger partial charge in [-0.05, 0) is 12.1 Å². The topological polar surface area (TPSA) is 55.4 Å². The number of rotatable bonds is 4. The predicted octanol–water partition coefficient (Wildman–Crippen LogP) is 1.39. The molecular weight excluding hydrogens is 261 g/mol. The van der Waals surface area contributed by atoms with Crippen molar-refractivity contribution in [2.24, 2.45) is 0 Å². The number of benzene rings is 1. The van der Waals surface area contributed by atoms with Crippen LogP contribution in [0.4, 0.5) is 4.39 Å². The molecule has 0 aliphatic carbocycles. The molecule has 0 atom stereocenters. The van der Waals surface area contributed by atoms with Crippen molar-refractivity contribution in [1.82, 2.24) is 5.32 Å². The van der Waals surface area contributed by atoms with Gasteiger partial charge in [0.15, 0.2) is 6.61 Å². The second-order valence-corrected chi connectivity index (χ2v) is 3.56. The quantitative estimate of drug-likeness (QED) is 0.664. The molecule has 0 aliphatic rings. The number of hydrogen-bond acceptors (Lipinski definition) is 3. The monoisotopic (exact) mass is 269 g/mol. The maximum absolute atomic E-state index is 13.3. The van der Waals surface area contributed by atoms with Gasteiger partial charge >= 0.3 is 5.97 Å². The third-order valence-electron chi connectivity index (χ3n) is 1.89. The van der Waals surface area contributed by atoms with Crippen LogP contribution in [0.25, 0.3) is 0 Å². The Kier molecular flexibility index (Phi) is 5.15. The van der Waals surface area contributed by atoms with E-state index in [0.717, 1.165) is 6.07 Å². The van der Waals surface area contributed by atoms with Gasteiger partial charge in [0.25, 0.3) is 5.91 Å². The van der Waals surface area contributed by atoms with Crippen LogP contribution in [0.2, 0.25) is 5.02 Å². The van der Waals surface area contributed by atoms with Gasteiger partial charge in [-0.2, -0.15) is 0 Å². The molecule has 0 heterocycles. The van der Waals surface area contributed by atoms with Crippen molar-refractivity contribution in [2.75, 3.05) is 13.2 Å². The van der Waals surface area contributed by atoms with Crippen LogP contribution in [0.15, 0.2) is 18.2 Å². The summed E-state index contributed by atoms with van der Waals surface area (Å²) >= 11 is 5.66. The summed E-state index contributed by atoms with van der Waals surface area (Å²) in [7, 11) is 0. The molecule has 0 radical (unpaired) electrons. The Morgan fingerprint density at radius 1 is 1.50 bits per heavy atom. The molecule has 1 aromatic carbocycles. The molecule has 6 heteroatoms. The van der Waals surface area contributed by atoms with E-state index in [1.54, 1.807) is 0 Å². The summed E-state index contributed by atoms with van der Waals surface area (Å²) in [4.78, 5) is 22.6. The van der Waals surface area contributed by atoms with Crippen LogP contribution in [0.3, 0.4) is 0 Å². The average Bonchev–Trinajstić information content (AvgIpc) is 2.33. The van der Waals surface area contributed by atoms with Crippen molar-refractivity contribution < 1.29 is 18.7 Å². The molecular formula is C12H9ClFNO3. The normalized spacial score (nSPS) is 9.39. The number of carbonyl (C=O) groups excluding carboxylic acids is 2. The van der Waals surface area contributed by atoms with E-state index in [1.807, 2.05) is 0 Å². The number of terminal acetylenes is 1. The fourth-order valence-corrected chi connectivity index (χ4v) is 1.34. The lowest BCUT2D eigenvalue weighted by Crippen LogP contribution is -2.29. The molecule has 1 amide bonds. The molecule has 0 unspecified atom stereocenters. The maximum Gasteiger partial charge on any atom is 0.343 e. The van der Waals surface area contributed by atoms with E-state index in [1.165, 1.54) is 12.1 Å². The van der Waals surface area contributed by atoms with E-state index >= 15 is 0 Å². The Bertz CT molecular complexity index is 490. The van der Waals surface area contributed by atoms with Crippen molar-refractivity contribution in [3.63, 3.8) is 0 Å². The predicted molar refractivity (Wildman–Crippen MR) is 63.5 cm³/mol. The van der Waals surface area contributed by atoms with Crippen LogP contribution >= 0.6 is 11.6 Å². The molecule has 1 N–H and O–H groups in total. The minimum Gasteiger partial charge on any atom is -0.452 e. The van der Waals surface area contributed by atoms with E-state index < -0.39 is 29.9 Å². The number of hydrogen-bond donors (Lipinski definition) is 1. The molecule has 4 nitrogen and oxygen atoms in total. The van der Waals surface area contributed by atoms with Gasteiger partial charge in [0, 0.05) is 0 Å². The zero-order valence-electron chi connectivity index (χ0n) is 9.20. The van der Waals surface area contributed by atoms with Gasteiger partial charge in [-0.25, -0.2) is 9.18 Å². The second-order valence-electron chi connectivity index (χ2n) is 3.15. The zero-order chi connectivity index (χ0) is 13.5. The summed E-state index contributed by atoms with van der Waals surface area (Å²) in [5.41, 5.74) is -0.399. The molecule has 0 aliphatic heterocycles. The minimum atomic E-state index is -1.01. The largest absolute Gasteiger partial charge is 0.452 e. The molecule has 0 fully saturated rings. The van der Waals surface area contributed by atoms with Crippen molar-refractivity contribution in [2.45, 2.75) is 0 Å². The van der Waals surface area contributed by atoms with Crippen LogP contribution in [0.5, 0.6) is 0 Å². The first-order valence-corrected chi connectivity index (χ1v) is 5.25. The van der Waals surface area contributed by atoms with Gasteiger partial charge in [0.1, 0.15) is 11.4 Å². The lowest BCUT2D eigenvalue weighted by molar-refractivity contribution is -0.123. The number of esters is 1. The van der Waals surface area contributed by atoms with Gasteiger partial charge in [-0.3, -0.25) is 4.79 Å². The number of amides is 1. The highest BCUT2D eigenvalue weighted by molar-refractivity contribution is 6.33.